The van der Waals surface area contributed by atoms with Crippen molar-refractivity contribution in [1.29, 1.82) is 0 Å². The summed E-state index contributed by atoms with van der Waals surface area (Å²) in [5.74, 6) is 1.04. The van der Waals surface area contributed by atoms with Crippen LogP contribution in [0.25, 0.3) is 10.9 Å². The van der Waals surface area contributed by atoms with Crippen molar-refractivity contribution in [2.45, 2.75) is 43.9 Å². The summed E-state index contributed by atoms with van der Waals surface area (Å²) >= 11 is 0. The van der Waals surface area contributed by atoms with Gasteiger partial charge in [-0.2, -0.15) is 0 Å². The van der Waals surface area contributed by atoms with Gasteiger partial charge in [0.25, 0.3) is 0 Å². The Hall–Kier alpha value is -1.24. The molecule has 1 heteroatoms. The summed E-state index contributed by atoms with van der Waals surface area (Å²) < 4.78 is 0. The molecule has 3 saturated carbocycles. The van der Waals surface area contributed by atoms with Gasteiger partial charge in [0.05, 0.1) is 0 Å². The monoisotopic (exact) mass is 225 g/mol. The van der Waals surface area contributed by atoms with Crippen molar-refractivity contribution in [1.82, 2.24) is 4.98 Å². The van der Waals surface area contributed by atoms with Crippen molar-refractivity contribution in [2.24, 2.45) is 5.92 Å². The third-order valence-electron chi connectivity index (χ3n) is 5.19. The van der Waals surface area contributed by atoms with Gasteiger partial charge in [0.1, 0.15) is 0 Å². The van der Waals surface area contributed by atoms with Gasteiger partial charge in [-0.05, 0) is 62.0 Å². The third-order valence-corrected chi connectivity index (χ3v) is 5.19. The molecule has 0 unspecified atom stereocenters. The van der Waals surface area contributed by atoms with Gasteiger partial charge in [-0.25, -0.2) is 0 Å². The first kappa shape index (κ1) is 9.76. The molecule has 3 aliphatic carbocycles. The summed E-state index contributed by atoms with van der Waals surface area (Å²) in [5.41, 5.74) is 3.31. The van der Waals surface area contributed by atoms with Crippen LogP contribution in [0, 0.1) is 5.92 Å². The van der Waals surface area contributed by atoms with E-state index in [4.69, 9.17) is 0 Å². The average molecular weight is 225 g/mol. The van der Waals surface area contributed by atoms with Gasteiger partial charge in [-0.15, -0.1) is 0 Å². The Kier molecular flexibility index (Phi) is 1.94. The van der Waals surface area contributed by atoms with Crippen LogP contribution in [0.15, 0.2) is 30.3 Å². The van der Waals surface area contributed by atoms with E-state index in [0.717, 1.165) is 5.92 Å². The second-order valence-electron chi connectivity index (χ2n) is 6.03. The minimum Gasteiger partial charge on any atom is -0.358 e. The molecule has 3 aliphatic rings. The van der Waals surface area contributed by atoms with Crippen LogP contribution in [-0.4, -0.2) is 4.98 Å². The maximum absolute atomic E-state index is 3.68. The largest absolute Gasteiger partial charge is 0.358 e. The number of H-pyrrole nitrogens is 1. The fraction of sp³-hybridized carbons (Fsp3) is 0.500. The van der Waals surface area contributed by atoms with Crippen molar-refractivity contribution in [3.05, 3.63) is 36.0 Å². The highest BCUT2D eigenvalue weighted by Gasteiger charge is 2.42. The van der Waals surface area contributed by atoms with E-state index in [9.17, 15) is 0 Å². The lowest BCUT2D eigenvalue weighted by atomic mass is 9.59. The first-order chi connectivity index (χ1) is 8.36. The van der Waals surface area contributed by atoms with Gasteiger partial charge in [0, 0.05) is 16.6 Å². The van der Waals surface area contributed by atoms with E-state index in [-0.39, 0.29) is 0 Å². The molecule has 5 rings (SSSR count). The van der Waals surface area contributed by atoms with E-state index < -0.39 is 0 Å². The molecular formula is C16H19N. The van der Waals surface area contributed by atoms with Crippen molar-refractivity contribution in [2.75, 3.05) is 0 Å². The highest BCUT2D eigenvalue weighted by Crippen LogP contribution is 2.51. The van der Waals surface area contributed by atoms with Crippen LogP contribution in [0.3, 0.4) is 0 Å². The molecule has 0 aliphatic heterocycles. The number of fused-ring (bicyclic) bond motifs is 4. The lowest BCUT2D eigenvalue weighted by molar-refractivity contribution is 0.133. The fourth-order valence-corrected chi connectivity index (χ4v) is 4.01. The second kappa shape index (κ2) is 3.38. The number of para-hydroxylation sites is 1. The molecule has 0 atom stereocenters. The Bertz CT molecular complexity index is 497. The molecule has 1 N–H and O–H groups in total. The Morgan fingerprint density at radius 2 is 1.71 bits per heavy atom. The topological polar surface area (TPSA) is 15.8 Å². The lowest BCUT2D eigenvalue weighted by Gasteiger charge is -2.46. The summed E-state index contributed by atoms with van der Waals surface area (Å²) in [7, 11) is 0. The predicted octanol–water partition coefficient (Wildman–Crippen LogP) is 4.39. The standard InChI is InChI=1S/C16H19N/c1-2-4-14-13(3-1)11-15(17-14)16-8-5-12(6-9-16)7-10-16/h1-4,11-12,17H,5-10H2. The number of hydrogen-bond acceptors (Lipinski definition) is 0. The summed E-state index contributed by atoms with van der Waals surface area (Å²) in [5, 5.41) is 1.38. The molecule has 1 aromatic heterocycles. The second-order valence-corrected chi connectivity index (χ2v) is 6.03. The van der Waals surface area contributed by atoms with E-state index >= 15 is 0 Å². The maximum atomic E-state index is 3.68. The Labute approximate surface area is 102 Å². The molecule has 0 radical (unpaired) electrons. The van der Waals surface area contributed by atoms with E-state index in [1.54, 1.807) is 0 Å². The molecule has 17 heavy (non-hydrogen) atoms. The van der Waals surface area contributed by atoms with Crippen LogP contribution in [0.4, 0.5) is 0 Å². The molecule has 1 aromatic carbocycles. The quantitative estimate of drug-likeness (QED) is 0.741. The van der Waals surface area contributed by atoms with Crippen LogP contribution in [0.5, 0.6) is 0 Å². The molecule has 0 amide bonds. The van der Waals surface area contributed by atoms with Crippen molar-refractivity contribution < 1.29 is 0 Å². The number of benzene rings is 1. The molecule has 2 bridgehead atoms. The van der Waals surface area contributed by atoms with E-state index in [0.29, 0.717) is 5.41 Å². The molecule has 0 saturated heterocycles. The Morgan fingerprint density at radius 1 is 1.00 bits per heavy atom. The van der Waals surface area contributed by atoms with Gasteiger partial charge < -0.3 is 4.98 Å². The zero-order chi connectivity index (χ0) is 11.3. The molecule has 3 fully saturated rings. The Morgan fingerprint density at radius 3 is 2.41 bits per heavy atom. The molecule has 88 valence electrons. The fourth-order valence-electron chi connectivity index (χ4n) is 4.01. The van der Waals surface area contributed by atoms with Crippen molar-refractivity contribution >= 4 is 10.9 Å². The first-order valence-corrected chi connectivity index (χ1v) is 6.94. The minimum absolute atomic E-state index is 0.494. The van der Waals surface area contributed by atoms with E-state index in [1.807, 2.05) is 0 Å². The zero-order valence-electron chi connectivity index (χ0n) is 10.2. The number of nitrogens with one attached hydrogen (secondary N) is 1. The van der Waals surface area contributed by atoms with Crippen LogP contribution in [0.2, 0.25) is 0 Å². The summed E-state index contributed by atoms with van der Waals surface area (Å²) in [6.45, 7) is 0. The summed E-state index contributed by atoms with van der Waals surface area (Å²) in [6.07, 6.45) is 8.58. The molecule has 2 aromatic rings. The number of aromatic nitrogens is 1. The van der Waals surface area contributed by atoms with Crippen LogP contribution in [-0.2, 0) is 5.41 Å². The van der Waals surface area contributed by atoms with Crippen LogP contribution < -0.4 is 0 Å². The molecule has 1 heterocycles. The zero-order valence-corrected chi connectivity index (χ0v) is 10.2. The number of hydrogen-bond donors (Lipinski definition) is 1. The molecule has 1 nitrogen and oxygen atoms in total. The number of rotatable bonds is 1. The predicted molar refractivity (Wildman–Crippen MR) is 71.2 cm³/mol. The van der Waals surface area contributed by atoms with Crippen LogP contribution in [0.1, 0.15) is 44.2 Å². The molecule has 0 spiro atoms. The molecular weight excluding hydrogens is 206 g/mol. The van der Waals surface area contributed by atoms with Crippen LogP contribution >= 0.6 is 0 Å². The number of aromatic amines is 1. The maximum Gasteiger partial charge on any atom is 0.0456 e. The van der Waals surface area contributed by atoms with Gasteiger partial charge in [-0.1, -0.05) is 18.2 Å². The normalized spacial score (nSPS) is 32.1. The van der Waals surface area contributed by atoms with Gasteiger partial charge in [0.15, 0.2) is 0 Å². The average Bonchev–Trinajstić information content (AvgIpc) is 2.85. The summed E-state index contributed by atoms with van der Waals surface area (Å²) in [4.78, 5) is 3.68. The van der Waals surface area contributed by atoms with E-state index in [1.165, 1.54) is 55.1 Å². The SMILES string of the molecule is c1ccc2[nH]c(C34CCC(CC3)CC4)cc2c1. The lowest BCUT2D eigenvalue weighted by Crippen LogP contribution is -2.37. The minimum atomic E-state index is 0.494. The highest BCUT2D eigenvalue weighted by atomic mass is 14.7. The van der Waals surface area contributed by atoms with Gasteiger partial charge in [0.2, 0.25) is 0 Å². The van der Waals surface area contributed by atoms with Crippen molar-refractivity contribution in [3.63, 3.8) is 0 Å². The third kappa shape index (κ3) is 1.38. The summed E-state index contributed by atoms with van der Waals surface area (Å²) in [6, 6.07) is 11.1. The smallest absolute Gasteiger partial charge is 0.0456 e. The van der Waals surface area contributed by atoms with Gasteiger partial charge >= 0.3 is 0 Å². The first-order valence-electron chi connectivity index (χ1n) is 6.94. The van der Waals surface area contributed by atoms with E-state index in [2.05, 4.69) is 35.3 Å². The Balaban J connectivity index is 1.82. The van der Waals surface area contributed by atoms with Gasteiger partial charge in [-0.3, -0.25) is 0 Å². The highest BCUT2D eigenvalue weighted by molar-refractivity contribution is 5.80. The van der Waals surface area contributed by atoms with Crippen molar-refractivity contribution in [3.8, 4) is 0 Å².